The minimum Gasteiger partial charge on any atom is -0.337 e. The molecular formula is C30H23Cl2F3N4O6S. The Balaban J connectivity index is 1.38. The number of carbonyl (C=O) groups is 3. The molecule has 2 heterocycles. The van der Waals surface area contributed by atoms with Gasteiger partial charge in [0.05, 0.1) is 21.8 Å². The molecule has 1 saturated heterocycles. The van der Waals surface area contributed by atoms with E-state index in [1.54, 1.807) is 29.2 Å². The van der Waals surface area contributed by atoms with Crippen molar-refractivity contribution in [3.8, 4) is 0 Å². The summed E-state index contributed by atoms with van der Waals surface area (Å²) in [5, 5.41) is 0.953. The molecule has 2 amide bonds. The van der Waals surface area contributed by atoms with Crippen LogP contribution in [0.15, 0.2) is 83.9 Å². The van der Waals surface area contributed by atoms with Gasteiger partial charge in [0.25, 0.3) is 21.8 Å². The fourth-order valence-electron chi connectivity index (χ4n) is 4.81. The number of sulfonamides is 1. The molecule has 0 radical (unpaired) electrons. The van der Waals surface area contributed by atoms with Gasteiger partial charge >= 0.3 is 12.1 Å². The van der Waals surface area contributed by atoms with Crippen LogP contribution >= 0.6 is 23.2 Å². The van der Waals surface area contributed by atoms with Crippen LogP contribution < -0.4 is 4.47 Å². The summed E-state index contributed by atoms with van der Waals surface area (Å²) >= 11 is 12.1. The quantitative estimate of drug-likeness (QED) is 0.236. The van der Waals surface area contributed by atoms with Gasteiger partial charge in [0.1, 0.15) is 4.90 Å². The van der Waals surface area contributed by atoms with E-state index in [4.69, 9.17) is 23.2 Å². The van der Waals surface area contributed by atoms with Gasteiger partial charge < -0.3 is 14.6 Å². The first-order valence-corrected chi connectivity index (χ1v) is 15.8. The molecule has 0 aliphatic carbocycles. The van der Waals surface area contributed by atoms with Gasteiger partial charge in [-0.05, 0) is 61.0 Å². The molecule has 240 valence electrons. The van der Waals surface area contributed by atoms with Crippen molar-refractivity contribution in [2.45, 2.75) is 17.5 Å². The minimum atomic E-state index is -5.51. The molecule has 5 rings (SSSR count). The summed E-state index contributed by atoms with van der Waals surface area (Å²) in [4.78, 5) is 49.2. The van der Waals surface area contributed by atoms with Crippen LogP contribution in [0.5, 0.6) is 0 Å². The number of rotatable bonds is 6. The maximum absolute atomic E-state index is 13.7. The highest BCUT2D eigenvalue weighted by Gasteiger charge is 2.45. The maximum atomic E-state index is 13.7. The lowest BCUT2D eigenvalue weighted by Crippen LogP contribution is -2.39. The molecule has 0 spiro atoms. The molecule has 0 bridgehead atoms. The molecule has 4 aromatic rings. The number of amides is 2. The predicted octanol–water partition coefficient (Wildman–Crippen LogP) is 5.75. The van der Waals surface area contributed by atoms with Crippen LogP contribution in [0.2, 0.25) is 10.0 Å². The molecule has 1 fully saturated rings. The third-order valence-electron chi connectivity index (χ3n) is 7.05. The molecule has 16 heteroatoms. The summed E-state index contributed by atoms with van der Waals surface area (Å²) in [5.74, 6) is -3.56. The fourth-order valence-corrected chi connectivity index (χ4v) is 6.70. The topological polar surface area (TPSA) is 117 Å². The highest BCUT2D eigenvalue weighted by molar-refractivity contribution is 7.92. The normalized spacial score (nSPS) is 14.1. The first-order chi connectivity index (χ1) is 21.8. The molecule has 0 unspecified atom stereocenters. The van der Waals surface area contributed by atoms with E-state index < -0.39 is 38.7 Å². The Bertz CT molecular complexity index is 1920. The van der Waals surface area contributed by atoms with E-state index in [2.05, 4.69) is 9.82 Å². The van der Waals surface area contributed by atoms with Crippen LogP contribution in [-0.2, 0) is 19.7 Å². The van der Waals surface area contributed by atoms with E-state index in [-0.39, 0.29) is 51.7 Å². The van der Waals surface area contributed by atoms with Gasteiger partial charge in [0.2, 0.25) is 0 Å². The van der Waals surface area contributed by atoms with Gasteiger partial charge in [-0.1, -0.05) is 45.9 Å². The minimum absolute atomic E-state index is 0.0584. The number of anilines is 1. The van der Waals surface area contributed by atoms with E-state index in [1.807, 2.05) is 0 Å². The molecule has 1 aromatic heterocycles. The summed E-state index contributed by atoms with van der Waals surface area (Å²) in [6.45, 7) is 0.993. The van der Waals surface area contributed by atoms with Crippen molar-refractivity contribution in [2.24, 2.45) is 0 Å². The van der Waals surface area contributed by atoms with Crippen molar-refractivity contribution >= 4 is 67.6 Å². The van der Waals surface area contributed by atoms with E-state index in [1.165, 1.54) is 41.4 Å². The molecule has 10 nitrogen and oxygen atoms in total. The van der Waals surface area contributed by atoms with Crippen molar-refractivity contribution in [1.82, 2.24) is 14.8 Å². The van der Waals surface area contributed by atoms with Crippen molar-refractivity contribution in [3.63, 3.8) is 0 Å². The van der Waals surface area contributed by atoms with E-state index in [9.17, 15) is 36.0 Å². The summed E-state index contributed by atoms with van der Waals surface area (Å²) in [6.07, 6.45) is -3.76. The van der Waals surface area contributed by atoms with Crippen molar-refractivity contribution in [3.05, 3.63) is 100 Å². The Morgan fingerprint density at radius 3 is 2.15 bits per heavy atom. The number of carbonyl (C=O) groups excluding carboxylic acids is 3. The van der Waals surface area contributed by atoms with Crippen molar-refractivity contribution in [1.29, 1.82) is 0 Å². The van der Waals surface area contributed by atoms with Gasteiger partial charge in [-0.3, -0.25) is 14.6 Å². The van der Waals surface area contributed by atoms with Crippen LogP contribution in [-0.4, -0.2) is 73.3 Å². The second-order valence-corrected chi connectivity index (χ2v) is 12.6. The highest BCUT2D eigenvalue weighted by atomic mass is 35.5. The largest absolute Gasteiger partial charge is 0.493 e. The zero-order valence-corrected chi connectivity index (χ0v) is 25.9. The monoisotopic (exact) mass is 694 g/mol. The SMILES string of the molecule is O=C(c1ccc(N(OC(=O)C(F)(F)F)S(=O)(=O)c2cccc3cccnc23)cc1)N1CCCN(C(=O)c2ccc(Cl)cc2Cl)CC1. The Morgan fingerprint density at radius 2 is 1.50 bits per heavy atom. The lowest BCUT2D eigenvalue weighted by molar-refractivity contribution is -0.199. The molecule has 46 heavy (non-hydrogen) atoms. The number of hydrogen-bond acceptors (Lipinski definition) is 7. The van der Waals surface area contributed by atoms with Crippen molar-refractivity contribution < 1.29 is 40.8 Å². The number of para-hydroxylation sites is 1. The number of alkyl halides is 3. The maximum Gasteiger partial charge on any atom is 0.493 e. The van der Waals surface area contributed by atoms with Gasteiger partial charge in [-0.15, -0.1) is 0 Å². The predicted molar refractivity (Wildman–Crippen MR) is 163 cm³/mol. The van der Waals surface area contributed by atoms with E-state index in [0.29, 0.717) is 23.4 Å². The Kier molecular flexibility index (Phi) is 9.42. The fraction of sp³-hybridized carbons (Fsp3) is 0.200. The molecule has 1 aliphatic heterocycles. The Hall–Kier alpha value is -4.40. The molecule has 3 aromatic carbocycles. The van der Waals surface area contributed by atoms with Crippen LogP contribution in [0, 0.1) is 0 Å². The lowest BCUT2D eigenvalue weighted by atomic mass is 10.2. The van der Waals surface area contributed by atoms with Gasteiger partial charge in [0.15, 0.2) is 0 Å². The van der Waals surface area contributed by atoms with E-state index >= 15 is 0 Å². The average Bonchev–Trinajstić information content (AvgIpc) is 3.29. The number of aromatic nitrogens is 1. The Labute approximate surface area is 270 Å². The summed E-state index contributed by atoms with van der Waals surface area (Å²) < 4.78 is 66.8. The summed E-state index contributed by atoms with van der Waals surface area (Å²) in [7, 11) is -4.96. The number of benzene rings is 3. The third-order valence-corrected chi connectivity index (χ3v) is 9.20. The second-order valence-electron chi connectivity index (χ2n) is 10.0. The number of pyridine rings is 1. The third kappa shape index (κ3) is 6.88. The number of halogens is 5. The van der Waals surface area contributed by atoms with Crippen LogP contribution in [0.1, 0.15) is 27.1 Å². The van der Waals surface area contributed by atoms with Gasteiger partial charge in [0, 0.05) is 48.3 Å². The lowest BCUT2D eigenvalue weighted by Gasteiger charge is -2.24. The average molecular weight is 696 g/mol. The number of hydrogen-bond donors (Lipinski definition) is 0. The zero-order chi connectivity index (χ0) is 33.2. The number of fused-ring (bicyclic) bond motifs is 1. The van der Waals surface area contributed by atoms with Gasteiger partial charge in [-0.25, -0.2) is 4.79 Å². The standard InChI is InChI=1S/C30H23Cl2F3N4O6S/c31-21-9-12-23(24(32)18-21)28(41)38-15-3-14-37(16-17-38)27(40)20-7-10-22(11-8-20)39(45-29(42)30(33,34)35)46(43,44)25-6-1-4-19-5-2-13-36-26(19)25/h1-2,4-13,18H,3,14-17H2. The smallest absolute Gasteiger partial charge is 0.337 e. The van der Waals surface area contributed by atoms with E-state index in [0.717, 1.165) is 18.2 Å². The van der Waals surface area contributed by atoms with Crippen LogP contribution in [0.4, 0.5) is 18.9 Å². The molecular weight excluding hydrogens is 672 g/mol. The van der Waals surface area contributed by atoms with Crippen LogP contribution in [0.25, 0.3) is 10.9 Å². The Morgan fingerprint density at radius 1 is 0.848 bits per heavy atom. The number of nitrogens with zero attached hydrogens (tertiary/aromatic N) is 4. The summed E-state index contributed by atoms with van der Waals surface area (Å²) in [5.41, 5.74) is -0.187. The van der Waals surface area contributed by atoms with Crippen LogP contribution in [0.3, 0.4) is 0 Å². The second kappa shape index (κ2) is 13.1. The molecule has 0 atom stereocenters. The molecule has 0 saturated carbocycles. The first kappa shape index (κ1) is 33.0. The summed E-state index contributed by atoms with van der Waals surface area (Å²) in [6, 6.07) is 16.2. The highest BCUT2D eigenvalue weighted by Crippen LogP contribution is 2.31. The molecule has 0 N–H and O–H groups in total. The zero-order valence-electron chi connectivity index (χ0n) is 23.6. The molecule has 1 aliphatic rings. The first-order valence-electron chi connectivity index (χ1n) is 13.6. The van der Waals surface area contributed by atoms with Gasteiger partial charge in [-0.2, -0.15) is 21.6 Å². The van der Waals surface area contributed by atoms with Crippen molar-refractivity contribution in [2.75, 3.05) is 30.6 Å².